The van der Waals surface area contributed by atoms with E-state index in [0.717, 1.165) is 6.08 Å². The third kappa shape index (κ3) is 1.75. The maximum Gasteiger partial charge on any atom is 0.213 e. The Morgan fingerprint density at radius 3 is 2.06 bits per heavy atom. The molecule has 0 aromatic rings. The van der Waals surface area contributed by atoms with Gasteiger partial charge in [0.15, 0.2) is 5.78 Å². The third-order valence-electron chi connectivity index (χ3n) is 2.09. The Balaban J connectivity index is 3.45. The Bertz CT molecular complexity index is 468. The summed E-state index contributed by atoms with van der Waals surface area (Å²) in [5.74, 6) is -2.37. The van der Waals surface area contributed by atoms with Gasteiger partial charge in [0.1, 0.15) is 11.5 Å². The van der Waals surface area contributed by atoms with E-state index in [1.54, 1.807) is 0 Å². The molecule has 0 amide bonds. The fourth-order valence-corrected chi connectivity index (χ4v) is 1.39. The summed E-state index contributed by atoms with van der Waals surface area (Å²) in [5.41, 5.74) is -0.624. The highest BCUT2D eigenvalue weighted by atomic mass is 16.3. The Morgan fingerprint density at radius 2 is 1.69 bits per heavy atom. The molecule has 1 rings (SSSR count). The second kappa shape index (κ2) is 4.06. The number of allylic oxidation sites excluding steroid dienone is 4. The van der Waals surface area contributed by atoms with Crippen LogP contribution in [0.2, 0.25) is 0 Å². The summed E-state index contributed by atoms with van der Waals surface area (Å²) >= 11 is 0. The van der Waals surface area contributed by atoms with E-state index in [1.807, 2.05) is 0 Å². The molecule has 0 unspecified atom stereocenters. The van der Waals surface area contributed by atoms with Crippen molar-refractivity contribution in [2.75, 3.05) is 7.05 Å². The quantitative estimate of drug-likeness (QED) is 0.482. The van der Waals surface area contributed by atoms with Crippen LogP contribution in [0, 0.1) is 0 Å². The van der Waals surface area contributed by atoms with Gasteiger partial charge in [-0.2, -0.15) is 0 Å². The van der Waals surface area contributed by atoms with Crippen LogP contribution in [0.3, 0.4) is 0 Å². The molecule has 0 fully saturated rings. The van der Waals surface area contributed by atoms with Crippen molar-refractivity contribution >= 4 is 11.6 Å². The van der Waals surface area contributed by atoms with Crippen molar-refractivity contribution in [1.29, 1.82) is 0 Å². The molecule has 16 heavy (non-hydrogen) atoms. The fourth-order valence-electron chi connectivity index (χ4n) is 1.39. The van der Waals surface area contributed by atoms with Crippen molar-refractivity contribution in [2.45, 2.75) is 0 Å². The summed E-state index contributed by atoms with van der Waals surface area (Å²) in [6.07, 6.45) is 1.03. The summed E-state index contributed by atoms with van der Waals surface area (Å²) in [5, 5.41) is 21.0. The second-order valence-corrected chi connectivity index (χ2v) is 3.14. The Morgan fingerprint density at radius 1 is 1.19 bits per heavy atom. The molecule has 5 nitrogen and oxygen atoms in total. The molecule has 0 heterocycles. The molecule has 0 aromatic carbocycles. The standard InChI is InChI=1S/C11H11NO4/c1-5(13)9-8(15)4-7(12-3)11(16)10(9)6(2)14/h4,12-14H,1-2H2,3H3. The molecule has 5 heteroatoms. The van der Waals surface area contributed by atoms with E-state index in [9.17, 15) is 19.8 Å². The lowest BCUT2D eigenvalue weighted by atomic mass is 9.90. The van der Waals surface area contributed by atoms with Crippen LogP contribution < -0.4 is 5.32 Å². The average Bonchev–Trinajstić information content (AvgIpc) is 2.19. The van der Waals surface area contributed by atoms with Gasteiger partial charge in [-0.3, -0.25) is 9.59 Å². The Labute approximate surface area is 92.1 Å². The molecule has 3 N–H and O–H groups in total. The molecule has 1 aliphatic carbocycles. The Kier molecular flexibility index (Phi) is 2.99. The van der Waals surface area contributed by atoms with Gasteiger partial charge in [-0.1, -0.05) is 13.2 Å². The van der Waals surface area contributed by atoms with Gasteiger partial charge in [-0.15, -0.1) is 0 Å². The highest BCUT2D eigenvalue weighted by Crippen LogP contribution is 2.25. The van der Waals surface area contributed by atoms with Crippen molar-refractivity contribution in [3.05, 3.63) is 47.6 Å². The lowest BCUT2D eigenvalue weighted by Crippen LogP contribution is -2.27. The van der Waals surface area contributed by atoms with E-state index in [-0.39, 0.29) is 16.8 Å². The Hall–Kier alpha value is -2.30. The number of carbonyl (C=O) groups is 2. The number of hydrogen-bond acceptors (Lipinski definition) is 5. The van der Waals surface area contributed by atoms with Crippen LogP contribution >= 0.6 is 0 Å². The summed E-state index contributed by atoms with van der Waals surface area (Å²) in [4.78, 5) is 23.3. The van der Waals surface area contributed by atoms with Gasteiger partial charge in [-0.05, 0) is 0 Å². The van der Waals surface area contributed by atoms with E-state index in [2.05, 4.69) is 18.5 Å². The molecule has 0 atom stereocenters. The first-order valence-electron chi connectivity index (χ1n) is 4.39. The van der Waals surface area contributed by atoms with Crippen LogP contribution in [0.5, 0.6) is 0 Å². The van der Waals surface area contributed by atoms with Crippen molar-refractivity contribution in [1.82, 2.24) is 5.32 Å². The van der Waals surface area contributed by atoms with E-state index in [1.165, 1.54) is 7.05 Å². The molecule has 0 aliphatic heterocycles. The van der Waals surface area contributed by atoms with Crippen LogP contribution in [-0.4, -0.2) is 28.8 Å². The second-order valence-electron chi connectivity index (χ2n) is 3.14. The van der Waals surface area contributed by atoms with Crippen LogP contribution in [0.25, 0.3) is 0 Å². The maximum absolute atomic E-state index is 11.7. The van der Waals surface area contributed by atoms with Crippen molar-refractivity contribution in [3.8, 4) is 0 Å². The number of nitrogens with one attached hydrogen (secondary N) is 1. The molecular formula is C11H11NO4. The predicted octanol–water partition coefficient (Wildman–Crippen LogP) is 0.681. The molecule has 0 radical (unpaired) electrons. The summed E-state index contributed by atoms with van der Waals surface area (Å²) in [6.45, 7) is 6.35. The normalized spacial score (nSPS) is 15.9. The number of aliphatic hydroxyl groups is 2. The number of rotatable bonds is 3. The predicted molar refractivity (Wildman–Crippen MR) is 57.7 cm³/mol. The molecule has 0 saturated carbocycles. The number of aliphatic hydroxyl groups excluding tert-OH is 2. The topological polar surface area (TPSA) is 86.6 Å². The number of hydrogen-bond donors (Lipinski definition) is 3. The first kappa shape index (κ1) is 11.8. The number of ketones is 2. The first-order chi connectivity index (χ1) is 7.40. The SMILES string of the molecule is C=C(O)C1=C(C(=C)O)C(=O)C(NC)=CC1=O. The van der Waals surface area contributed by atoms with Gasteiger partial charge in [0.2, 0.25) is 5.78 Å². The van der Waals surface area contributed by atoms with Gasteiger partial charge in [-0.25, -0.2) is 0 Å². The fraction of sp³-hybridized carbons (Fsp3) is 0.0909. The van der Waals surface area contributed by atoms with Gasteiger partial charge in [0.25, 0.3) is 0 Å². The summed E-state index contributed by atoms with van der Waals surface area (Å²) < 4.78 is 0. The third-order valence-corrected chi connectivity index (χ3v) is 2.09. The van der Waals surface area contributed by atoms with Crippen LogP contribution in [-0.2, 0) is 9.59 Å². The largest absolute Gasteiger partial charge is 0.508 e. The van der Waals surface area contributed by atoms with E-state index >= 15 is 0 Å². The minimum atomic E-state index is -0.611. The van der Waals surface area contributed by atoms with Gasteiger partial charge >= 0.3 is 0 Å². The smallest absolute Gasteiger partial charge is 0.213 e. The maximum atomic E-state index is 11.7. The molecule has 84 valence electrons. The molecule has 1 aliphatic rings. The van der Waals surface area contributed by atoms with Crippen LogP contribution in [0.4, 0.5) is 0 Å². The first-order valence-corrected chi connectivity index (χ1v) is 4.39. The number of likely N-dealkylation sites (N-methyl/N-ethyl adjacent to an activating group) is 1. The summed E-state index contributed by atoms with van der Waals surface area (Å²) in [6, 6.07) is 0. The highest BCUT2D eigenvalue weighted by molar-refractivity contribution is 6.25. The van der Waals surface area contributed by atoms with Gasteiger partial charge in [0.05, 0.1) is 16.8 Å². The average molecular weight is 221 g/mol. The highest BCUT2D eigenvalue weighted by Gasteiger charge is 2.31. The minimum absolute atomic E-state index is 0.0280. The van der Waals surface area contributed by atoms with E-state index in [4.69, 9.17) is 0 Å². The van der Waals surface area contributed by atoms with Crippen LogP contribution in [0.1, 0.15) is 0 Å². The van der Waals surface area contributed by atoms with E-state index in [0.29, 0.717) is 0 Å². The molecule has 0 spiro atoms. The lowest BCUT2D eigenvalue weighted by Gasteiger charge is -2.17. The molecule has 0 saturated heterocycles. The van der Waals surface area contributed by atoms with Crippen LogP contribution in [0.15, 0.2) is 47.6 Å². The zero-order valence-corrected chi connectivity index (χ0v) is 8.70. The van der Waals surface area contributed by atoms with Crippen molar-refractivity contribution in [3.63, 3.8) is 0 Å². The van der Waals surface area contributed by atoms with Gasteiger partial charge < -0.3 is 15.5 Å². The lowest BCUT2D eigenvalue weighted by molar-refractivity contribution is -0.116. The van der Waals surface area contributed by atoms with Crippen molar-refractivity contribution in [2.24, 2.45) is 0 Å². The monoisotopic (exact) mass is 221 g/mol. The summed E-state index contributed by atoms with van der Waals surface area (Å²) in [7, 11) is 1.47. The minimum Gasteiger partial charge on any atom is -0.508 e. The number of carbonyl (C=O) groups excluding carboxylic acids is 2. The zero-order valence-electron chi connectivity index (χ0n) is 8.70. The van der Waals surface area contributed by atoms with Crippen molar-refractivity contribution < 1.29 is 19.8 Å². The number of Topliss-reactive ketones (excluding diaryl/α,β-unsaturated/α-hetero) is 1. The van der Waals surface area contributed by atoms with E-state index < -0.39 is 23.1 Å². The molecule has 0 aromatic heterocycles. The van der Waals surface area contributed by atoms with Gasteiger partial charge in [0, 0.05) is 13.1 Å². The zero-order chi connectivity index (χ0) is 12.5. The molecule has 0 bridgehead atoms. The molecular weight excluding hydrogens is 210 g/mol.